The fourth-order valence-corrected chi connectivity index (χ4v) is 2.99. The molecule has 1 aliphatic rings. The SMILES string of the molecule is O=C(/C=C/c1cccs1)Nc1ccccc1OCC1CCCO1. The van der Waals surface area contributed by atoms with Crippen LogP contribution in [0.5, 0.6) is 5.75 Å². The molecule has 120 valence electrons. The van der Waals surface area contributed by atoms with E-state index in [1.165, 1.54) is 6.08 Å². The third-order valence-corrected chi connectivity index (χ3v) is 4.37. The topological polar surface area (TPSA) is 47.6 Å². The van der Waals surface area contributed by atoms with Crippen LogP contribution in [0.15, 0.2) is 47.9 Å². The molecule has 1 aromatic carbocycles. The van der Waals surface area contributed by atoms with Crippen molar-refractivity contribution in [3.8, 4) is 5.75 Å². The van der Waals surface area contributed by atoms with E-state index in [1.807, 2.05) is 41.8 Å². The van der Waals surface area contributed by atoms with Crippen LogP contribution < -0.4 is 10.1 Å². The summed E-state index contributed by atoms with van der Waals surface area (Å²) in [5.41, 5.74) is 0.673. The summed E-state index contributed by atoms with van der Waals surface area (Å²) in [5.74, 6) is 0.493. The second kappa shape index (κ2) is 7.94. The second-order valence-corrected chi connectivity index (χ2v) is 6.26. The smallest absolute Gasteiger partial charge is 0.248 e. The molecule has 1 fully saturated rings. The van der Waals surface area contributed by atoms with Crippen molar-refractivity contribution in [3.63, 3.8) is 0 Å². The molecular formula is C18H19NO3S. The number of rotatable bonds is 6. The molecule has 1 unspecified atom stereocenters. The van der Waals surface area contributed by atoms with E-state index in [1.54, 1.807) is 17.4 Å². The van der Waals surface area contributed by atoms with E-state index in [0.717, 1.165) is 24.3 Å². The van der Waals surface area contributed by atoms with E-state index in [0.29, 0.717) is 18.0 Å². The minimum atomic E-state index is -0.174. The highest BCUT2D eigenvalue weighted by Crippen LogP contribution is 2.25. The number of benzene rings is 1. The predicted octanol–water partition coefficient (Wildman–Crippen LogP) is 3.96. The molecule has 1 atom stereocenters. The standard InChI is InChI=1S/C18H19NO3S/c20-18(10-9-15-6-4-12-23-15)19-16-7-1-2-8-17(16)22-13-14-5-3-11-21-14/h1-2,4,6-10,12,14H,3,5,11,13H2,(H,19,20)/b10-9+. The van der Waals surface area contributed by atoms with Gasteiger partial charge in [0.25, 0.3) is 0 Å². The van der Waals surface area contributed by atoms with Gasteiger partial charge in [0.15, 0.2) is 0 Å². The Labute approximate surface area is 139 Å². The van der Waals surface area contributed by atoms with Gasteiger partial charge < -0.3 is 14.8 Å². The average molecular weight is 329 g/mol. The summed E-state index contributed by atoms with van der Waals surface area (Å²) >= 11 is 1.59. The minimum absolute atomic E-state index is 0.150. The van der Waals surface area contributed by atoms with Crippen molar-refractivity contribution < 1.29 is 14.3 Å². The molecule has 1 aromatic heterocycles. The van der Waals surface area contributed by atoms with E-state index in [9.17, 15) is 4.79 Å². The predicted molar refractivity (Wildman–Crippen MR) is 92.9 cm³/mol. The van der Waals surface area contributed by atoms with Crippen molar-refractivity contribution >= 4 is 29.0 Å². The minimum Gasteiger partial charge on any atom is -0.489 e. The highest BCUT2D eigenvalue weighted by molar-refractivity contribution is 7.10. The van der Waals surface area contributed by atoms with Crippen molar-refractivity contribution in [2.24, 2.45) is 0 Å². The fraction of sp³-hybridized carbons (Fsp3) is 0.278. The Bertz CT molecular complexity index is 661. The van der Waals surface area contributed by atoms with Crippen LogP contribution in [0.3, 0.4) is 0 Å². The molecule has 1 amide bonds. The first-order chi connectivity index (χ1) is 11.3. The molecule has 4 nitrogen and oxygen atoms in total. The first-order valence-corrected chi connectivity index (χ1v) is 8.55. The largest absolute Gasteiger partial charge is 0.489 e. The maximum absolute atomic E-state index is 12.0. The zero-order valence-corrected chi connectivity index (χ0v) is 13.6. The Kier molecular flexibility index (Phi) is 5.45. The van der Waals surface area contributed by atoms with Gasteiger partial charge in [0.2, 0.25) is 5.91 Å². The fourth-order valence-electron chi connectivity index (χ4n) is 2.37. The van der Waals surface area contributed by atoms with Crippen LogP contribution in [0.1, 0.15) is 17.7 Å². The molecule has 1 aliphatic heterocycles. The third kappa shape index (κ3) is 4.68. The lowest BCUT2D eigenvalue weighted by Crippen LogP contribution is -2.17. The third-order valence-electron chi connectivity index (χ3n) is 3.54. The van der Waals surface area contributed by atoms with Gasteiger partial charge in [0.05, 0.1) is 11.8 Å². The van der Waals surface area contributed by atoms with E-state index < -0.39 is 0 Å². The van der Waals surface area contributed by atoms with Crippen LogP contribution in [0.25, 0.3) is 6.08 Å². The molecule has 2 aromatic rings. The van der Waals surface area contributed by atoms with Gasteiger partial charge in [-0.2, -0.15) is 0 Å². The van der Waals surface area contributed by atoms with Crippen LogP contribution in [-0.2, 0) is 9.53 Å². The first kappa shape index (κ1) is 15.8. The van der Waals surface area contributed by atoms with Crippen molar-refractivity contribution in [1.29, 1.82) is 0 Å². The van der Waals surface area contributed by atoms with Gasteiger partial charge in [0.1, 0.15) is 12.4 Å². The van der Waals surface area contributed by atoms with E-state index >= 15 is 0 Å². The number of hydrogen-bond donors (Lipinski definition) is 1. The average Bonchev–Trinajstić information content (AvgIpc) is 3.26. The summed E-state index contributed by atoms with van der Waals surface area (Å²) < 4.78 is 11.4. The van der Waals surface area contributed by atoms with Gasteiger partial charge >= 0.3 is 0 Å². The summed E-state index contributed by atoms with van der Waals surface area (Å²) in [6.45, 7) is 1.32. The lowest BCUT2D eigenvalue weighted by Gasteiger charge is -2.14. The molecule has 23 heavy (non-hydrogen) atoms. The van der Waals surface area contributed by atoms with Crippen molar-refractivity contribution in [1.82, 2.24) is 0 Å². The maximum Gasteiger partial charge on any atom is 0.248 e. The normalized spacial score (nSPS) is 17.5. The number of thiophene rings is 1. The summed E-state index contributed by atoms with van der Waals surface area (Å²) in [7, 11) is 0. The van der Waals surface area contributed by atoms with Crippen LogP contribution in [-0.4, -0.2) is 25.2 Å². The van der Waals surface area contributed by atoms with Crippen LogP contribution >= 0.6 is 11.3 Å². The number of para-hydroxylation sites is 2. The van der Waals surface area contributed by atoms with E-state index in [4.69, 9.17) is 9.47 Å². The van der Waals surface area contributed by atoms with Crippen molar-refractivity contribution in [3.05, 3.63) is 52.7 Å². The quantitative estimate of drug-likeness (QED) is 0.816. The van der Waals surface area contributed by atoms with E-state index in [-0.39, 0.29) is 12.0 Å². The second-order valence-electron chi connectivity index (χ2n) is 5.28. The summed E-state index contributed by atoms with van der Waals surface area (Å²) in [5, 5.41) is 4.84. The van der Waals surface area contributed by atoms with Gasteiger partial charge in [-0.3, -0.25) is 4.79 Å². The summed E-state index contributed by atoms with van der Waals surface area (Å²) in [6, 6.07) is 11.4. The van der Waals surface area contributed by atoms with Gasteiger partial charge in [-0.05, 0) is 42.5 Å². The van der Waals surface area contributed by atoms with Gasteiger partial charge in [-0.1, -0.05) is 18.2 Å². The van der Waals surface area contributed by atoms with Crippen molar-refractivity contribution in [2.75, 3.05) is 18.5 Å². The number of ether oxygens (including phenoxy) is 2. The molecule has 1 N–H and O–H groups in total. The molecule has 0 radical (unpaired) electrons. The molecular weight excluding hydrogens is 310 g/mol. The monoisotopic (exact) mass is 329 g/mol. The van der Waals surface area contributed by atoms with Gasteiger partial charge in [-0.25, -0.2) is 0 Å². The number of carbonyl (C=O) groups excluding carboxylic acids is 1. The Morgan fingerprint density at radius 1 is 1.35 bits per heavy atom. The summed E-state index contributed by atoms with van der Waals surface area (Å²) in [6.07, 6.45) is 5.59. The van der Waals surface area contributed by atoms with E-state index in [2.05, 4.69) is 5.32 Å². The molecule has 2 heterocycles. The molecule has 0 aliphatic carbocycles. The van der Waals surface area contributed by atoms with Gasteiger partial charge in [-0.15, -0.1) is 11.3 Å². The van der Waals surface area contributed by atoms with Crippen LogP contribution in [0.2, 0.25) is 0 Å². The number of amides is 1. The number of carbonyl (C=O) groups is 1. The highest BCUT2D eigenvalue weighted by Gasteiger charge is 2.16. The molecule has 5 heteroatoms. The zero-order valence-electron chi connectivity index (χ0n) is 12.7. The first-order valence-electron chi connectivity index (χ1n) is 7.67. The lowest BCUT2D eigenvalue weighted by atomic mass is 10.2. The Balaban J connectivity index is 1.59. The number of nitrogens with one attached hydrogen (secondary N) is 1. The number of hydrogen-bond acceptors (Lipinski definition) is 4. The Hall–Kier alpha value is -2.11. The molecule has 1 saturated heterocycles. The zero-order chi connectivity index (χ0) is 15.9. The number of anilines is 1. The molecule has 0 spiro atoms. The highest BCUT2D eigenvalue weighted by atomic mass is 32.1. The molecule has 0 bridgehead atoms. The Morgan fingerprint density at radius 2 is 2.26 bits per heavy atom. The maximum atomic E-state index is 12.0. The van der Waals surface area contributed by atoms with Gasteiger partial charge in [0, 0.05) is 17.6 Å². The van der Waals surface area contributed by atoms with Crippen LogP contribution in [0, 0.1) is 0 Å². The Morgan fingerprint density at radius 3 is 3.04 bits per heavy atom. The molecule has 3 rings (SSSR count). The van der Waals surface area contributed by atoms with Crippen LogP contribution in [0.4, 0.5) is 5.69 Å². The lowest BCUT2D eigenvalue weighted by molar-refractivity contribution is -0.111. The summed E-state index contributed by atoms with van der Waals surface area (Å²) in [4.78, 5) is 13.1. The van der Waals surface area contributed by atoms with Crippen molar-refractivity contribution in [2.45, 2.75) is 18.9 Å². The molecule has 0 saturated carbocycles.